The SMILES string of the molecule is Brc1ccc(-c2ccc(Nc3ccccc3-c3cccc4ccccc34)cc2)cc1. The molecule has 1 nitrogen and oxygen atoms in total. The zero-order valence-electron chi connectivity index (χ0n) is 16.3. The summed E-state index contributed by atoms with van der Waals surface area (Å²) in [4.78, 5) is 0. The van der Waals surface area contributed by atoms with Crippen molar-refractivity contribution in [1.29, 1.82) is 0 Å². The fraction of sp³-hybridized carbons (Fsp3) is 0. The first-order valence-corrected chi connectivity index (χ1v) is 10.8. The van der Waals surface area contributed by atoms with E-state index in [9.17, 15) is 0 Å². The van der Waals surface area contributed by atoms with Crippen LogP contribution in [-0.4, -0.2) is 0 Å². The van der Waals surface area contributed by atoms with Gasteiger partial charge in [-0.05, 0) is 57.8 Å². The maximum absolute atomic E-state index is 3.62. The molecule has 5 rings (SSSR count). The van der Waals surface area contributed by atoms with Crippen molar-refractivity contribution in [3.05, 3.63) is 120 Å². The van der Waals surface area contributed by atoms with Crippen LogP contribution in [0.5, 0.6) is 0 Å². The number of anilines is 2. The molecule has 5 aromatic carbocycles. The molecule has 0 bridgehead atoms. The van der Waals surface area contributed by atoms with Gasteiger partial charge in [0.15, 0.2) is 0 Å². The second-order valence-corrected chi connectivity index (χ2v) is 8.20. The number of fused-ring (bicyclic) bond motifs is 1. The van der Waals surface area contributed by atoms with Gasteiger partial charge in [0.2, 0.25) is 0 Å². The highest BCUT2D eigenvalue weighted by atomic mass is 79.9. The lowest BCUT2D eigenvalue weighted by molar-refractivity contribution is 1.53. The van der Waals surface area contributed by atoms with Crippen molar-refractivity contribution in [3.8, 4) is 22.3 Å². The standard InChI is InChI=1S/C28H20BrN/c29-23-16-12-20(13-17-23)21-14-18-24(19-15-21)30-28-11-4-3-9-27(28)26-10-5-7-22-6-1-2-8-25(22)26/h1-19,30H. The molecule has 0 aliphatic heterocycles. The number of rotatable bonds is 4. The quantitative estimate of drug-likeness (QED) is 0.289. The average molecular weight is 450 g/mol. The van der Waals surface area contributed by atoms with E-state index in [1.54, 1.807) is 0 Å². The fourth-order valence-electron chi connectivity index (χ4n) is 3.83. The van der Waals surface area contributed by atoms with Gasteiger partial charge in [-0.3, -0.25) is 0 Å². The lowest BCUT2D eigenvalue weighted by atomic mass is 9.97. The second kappa shape index (κ2) is 8.17. The molecule has 0 amide bonds. The largest absolute Gasteiger partial charge is 0.355 e. The van der Waals surface area contributed by atoms with Crippen LogP contribution in [0.25, 0.3) is 33.0 Å². The monoisotopic (exact) mass is 449 g/mol. The summed E-state index contributed by atoms with van der Waals surface area (Å²) < 4.78 is 1.09. The van der Waals surface area contributed by atoms with Crippen LogP contribution in [0.15, 0.2) is 120 Å². The molecule has 144 valence electrons. The van der Waals surface area contributed by atoms with Crippen molar-refractivity contribution in [1.82, 2.24) is 0 Å². The predicted octanol–water partition coefficient (Wildman–Crippen LogP) is 8.68. The van der Waals surface area contributed by atoms with Crippen LogP contribution >= 0.6 is 15.9 Å². The van der Waals surface area contributed by atoms with E-state index in [2.05, 4.69) is 137 Å². The molecule has 0 saturated heterocycles. The smallest absolute Gasteiger partial charge is 0.0464 e. The van der Waals surface area contributed by atoms with Gasteiger partial charge < -0.3 is 5.32 Å². The Morgan fingerprint density at radius 1 is 0.500 bits per heavy atom. The molecular weight excluding hydrogens is 430 g/mol. The molecule has 0 saturated carbocycles. The van der Waals surface area contributed by atoms with E-state index in [1.165, 1.54) is 33.0 Å². The zero-order chi connectivity index (χ0) is 20.3. The summed E-state index contributed by atoms with van der Waals surface area (Å²) in [6, 6.07) is 40.5. The van der Waals surface area contributed by atoms with Crippen molar-refractivity contribution in [2.24, 2.45) is 0 Å². The van der Waals surface area contributed by atoms with Crippen LogP contribution in [0.3, 0.4) is 0 Å². The van der Waals surface area contributed by atoms with Crippen molar-refractivity contribution in [2.45, 2.75) is 0 Å². The molecule has 5 aromatic rings. The Kier molecular flexibility index (Phi) is 5.08. The lowest BCUT2D eigenvalue weighted by Crippen LogP contribution is -1.94. The first-order valence-electron chi connectivity index (χ1n) is 9.98. The Balaban J connectivity index is 1.48. The molecule has 0 spiro atoms. The summed E-state index contributed by atoms with van der Waals surface area (Å²) >= 11 is 3.50. The predicted molar refractivity (Wildman–Crippen MR) is 132 cm³/mol. The van der Waals surface area contributed by atoms with E-state index in [4.69, 9.17) is 0 Å². The van der Waals surface area contributed by atoms with E-state index in [0.717, 1.165) is 15.8 Å². The first kappa shape index (κ1) is 18.7. The van der Waals surface area contributed by atoms with E-state index >= 15 is 0 Å². The maximum atomic E-state index is 3.62. The number of hydrogen-bond donors (Lipinski definition) is 1. The van der Waals surface area contributed by atoms with Crippen LogP contribution in [-0.2, 0) is 0 Å². The molecule has 0 aromatic heterocycles. The summed E-state index contributed by atoms with van der Waals surface area (Å²) in [6.45, 7) is 0. The van der Waals surface area contributed by atoms with Crippen molar-refractivity contribution < 1.29 is 0 Å². The first-order chi connectivity index (χ1) is 14.8. The van der Waals surface area contributed by atoms with E-state index in [1.807, 2.05) is 0 Å². The summed E-state index contributed by atoms with van der Waals surface area (Å²) in [5.74, 6) is 0. The number of para-hydroxylation sites is 1. The number of halogens is 1. The molecule has 0 atom stereocenters. The third-order valence-corrected chi connectivity index (χ3v) is 5.88. The molecule has 30 heavy (non-hydrogen) atoms. The molecular formula is C28H20BrN. The van der Waals surface area contributed by atoms with E-state index < -0.39 is 0 Å². The normalized spacial score (nSPS) is 10.8. The fourth-order valence-corrected chi connectivity index (χ4v) is 4.10. The van der Waals surface area contributed by atoms with E-state index in [0.29, 0.717) is 0 Å². The number of nitrogens with one attached hydrogen (secondary N) is 1. The third-order valence-electron chi connectivity index (χ3n) is 5.35. The number of benzene rings is 5. The summed E-state index contributed by atoms with van der Waals surface area (Å²) in [5.41, 5.74) is 7.03. The van der Waals surface area contributed by atoms with Gasteiger partial charge in [-0.15, -0.1) is 0 Å². The Hall–Kier alpha value is -3.36. The van der Waals surface area contributed by atoms with Gasteiger partial charge in [-0.1, -0.05) is 101 Å². The topological polar surface area (TPSA) is 12.0 Å². The molecule has 0 unspecified atom stereocenters. The van der Waals surface area contributed by atoms with Gasteiger partial charge in [-0.25, -0.2) is 0 Å². The summed E-state index contributed by atoms with van der Waals surface area (Å²) in [7, 11) is 0. The minimum absolute atomic E-state index is 1.07. The van der Waals surface area contributed by atoms with Crippen molar-refractivity contribution >= 4 is 38.1 Å². The Morgan fingerprint density at radius 3 is 1.90 bits per heavy atom. The molecule has 0 radical (unpaired) electrons. The van der Waals surface area contributed by atoms with Crippen molar-refractivity contribution in [2.75, 3.05) is 5.32 Å². The highest BCUT2D eigenvalue weighted by Gasteiger charge is 2.08. The number of hydrogen-bond acceptors (Lipinski definition) is 1. The molecule has 0 heterocycles. The Morgan fingerprint density at radius 2 is 1.10 bits per heavy atom. The molecule has 1 N–H and O–H groups in total. The summed E-state index contributed by atoms with van der Waals surface area (Å²) in [5, 5.41) is 6.13. The van der Waals surface area contributed by atoms with Crippen LogP contribution < -0.4 is 5.32 Å². The van der Waals surface area contributed by atoms with Gasteiger partial charge in [0, 0.05) is 21.4 Å². The van der Waals surface area contributed by atoms with E-state index in [-0.39, 0.29) is 0 Å². The van der Waals surface area contributed by atoms with Crippen LogP contribution in [0.1, 0.15) is 0 Å². The van der Waals surface area contributed by atoms with Gasteiger partial charge in [0.25, 0.3) is 0 Å². The second-order valence-electron chi connectivity index (χ2n) is 7.28. The zero-order valence-corrected chi connectivity index (χ0v) is 17.9. The van der Waals surface area contributed by atoms with Gasteiger partial charge >= 0.3 is 0 Å². The highest BCUT2D eigenvalue weighted by molar-refractivity contribution is 9.10. The Bertz CT molecular complexity index is 1300. The molecule has 0 fully saturated rings. The van der Waals surface area contributed by atoms with Gasteiger partial charge in [0.1, 0.15) is 0 Å². The molecule has 0 aliphatic rings. The Labute approximate surface area is 185 Å². The minimum Gasteiger partial charge on any atom is -0.355 e. The van der Waals surface area contributed by atoms with Crippen molar-refractivity contribution in [3.63, 3.8) is 0 Å². The maximum Gasteiger partial charge on any atom is 0.0464 e. The lowest BCUT2D eigenvalue weighted by Gasteiger charge is -2.14. The van der Waals surface area contributed by atoms with Gasteiger partial charge in [-0.2, -0.15) is 0 Å². The third kappa shape index (κ3) is 3.74. The van der Waals surface area contributed by atoms with Crippen LogP contribution in [0.2, 0.25) is 0 Å². The van der Waals surface area contributed by atoms with Gasteiger partial charge in [0.05, 0.1) is 0 Å². The minimum atomic E-state index is 1.07. The highest BCUT2D eigenvalue weighted by Crippen LogP contribution is 2.35. The summed E-state index contributed by atoms with van der Waals surface area (Å²) in [6.07, 6.45) is 0. The average Bonchev–Trinajstić information content (AvgIpc) is 2.80. The molecule has 0 aliphatic carbocycles. The van der Waals surface area contributed by atoms with Crippen LogP contribution in [0.4, 0.5) is 11.4 Å². The molecule has 2 heteroatoms. The van der Waals surface area contributed by atoms with Crippen LogP contribution in [0, 0.1) is 0 Å².